The van der Waals surface area contributed by atoms with E-state index in [-0.39, 0.29) is 25.4 Å². The first-order valence-electron chi connectivity index (χ1n) is 10.6. The molecule has 0 saturated carbocycles. The van der Waals surface area contributed by atoms with Crippen LogP contribution < -0.4 is 9.64 Å². The highest BCUT2D eigenvalue weighted by molar-refractivity contribution is 6.12. The predicted octanol–water partition coefficient (Wildman–Crippen LogP) is 4.70. The number of halogens is 3. The number of ether oxygens (including phenoxy) is 2. The number of nitrogens with zero attached hydrogens (tertiary/aromatic N) is 2. The fraction of sp³-hybridized carbons (Fsp3) is 0.375. The van der Waals surface area contributed by atoms with Gasteiger partial charge in [-0.3, -0.25) is 14.6 Å². The molecular weight excluding hydrogens is 453 g/mol. The van der Waals surface area contributed by atoms with Crippen molar-refractivity contribution < 1.29 is 37.0 Å². The molecule has 34 heavy (non-hydrogen) atoms. The summed E-state index contributed by atoms with van der Waals surface area (Å²) in [5.41, 5.74) is -0.501. The third kappa shape index (κ3) is 5.32. The highest BCUT2D eigenvalue weighted by Gasteiger charge is 2.38. The summed E-state index contributed by atoms with van der Waals surface area (Å²) in [7, 11) is 0. The number of urea groups is 1. The summed E-state index contributed by atoms with van der Waals surface area (Å²) in [6.07, 6.45) is -4.49. The van der Waals surface area contributed by atoms with Crippen molar-refractivity contribution in [3.05, 3.63) is 59.2 Å². The highest BCUT2D eigenvalue weighted by atomic mass is 19.4. The molecule has 0 aromatic heterocycles. The van der Waals surface area contributed by atoms with Gasteiger partial charge in [0.2, 0.25) is 0 Å². The first kappa shape index (κ1) is 25.1. The van der Waals surface area contributed by atoms with Crippen molar-refractivity contribution in [3.8, 4) is 5.75 Å². The fourth-order valence-corrected chi connectivity index (χ4v) is 3.46. The molecule has 0 spiro atoms. The number of hydrogen-bond acceptors (Lipinski definition) is 5. The van der Waals surface area contributed by atoms with Gasteiger partial charge in [0.05, 0.1) is 18.7 Å². The Bertz CT molecular complexity index is 1100. The Morgan fingerprint density at radius 3 is 2.26 bits per heavy atom. The smallest absolute Gasteiger partial charge is 0.416 e. The van der Waals surface area contributed by atoms with Gasteiger partial charge in [-0.2, -0.15) is 13.2 Å². The van der Waals surface area contributed by atoms with E-state index in [0.717, 1.165) is 21.9 Å². The first-order valence-corrected chi connectivity index (χ1v) is 10.6. The zero-order valence-corrected chi connectivity index (χ0v) is 19.2. The monoisotopic (exact) mass is 478 g/mol. The second-order valence-corrected chi connectivity index (χ2v) is 8.33. The Hall–Kier alpha value is -3.56. The molecule has 0 aliphatic carbocycles. The number of amides is 3. The van der Waals surface area contributed by atoms with E-state index in [2.05, 4.69) is 0 Å². The lowest BCUT2D eigenvalue weighted by Gasteiger charge is -2.25. The molecule has 1 saturated heterocycles. The van der Waals surface area contributed by atoms with Crippen LogP contribution in [-0.2, 0) is 27.0 Å². The molecule has 7 nitrogen and oxygen atoms in total. The van der Waals surface area contributed by atoms with Crippen LogP contribution in [0.1, 0.15) is 37.5 Å². The van der Waals surface area contributed by atoms with Crippen LogP contribution in [-0.4, -0.2) is 41.6 Å². The van der Waals surface area contributed by atoms with Gasteiger partial charge in [-0.1, -0.05) is 12.1 Å². The van der Waals surface area contributed by atoms with Gasteiger partial charge in [-0.25, -0.2) is 9.59 Å². The summed E-state index contributed by atoms with van der Waals surface area (Å²) in [5, 5.41) is 0. The summed E-state index contributed by atoms with van der Waals surface area (Å²) in [5.74, 6) is -0.520. The minimum Gasteiger partial charge on any atom is -0.476 e. The molecule has 1 heterocycles. The fourth-order valence-electron chi connectivity index (χ4n) is 3.46. The normalized spacial score (nSPS) is 14.6. The molecule has 3 rings (SSSR count). The van der Waals surface area contributed by atoms with E-state index in [1.807, 2.05) is 0 Å². The number of benzene rings is 2. The van der Waals surface area contributed by atoms with Crippen molar-refractivity contribution in [3.63, 3.8) is 0 Å². The van der Waals surface area contributed by atoms with Gasteiger partial charge in [0, 0.05) is 5.69 Å². The van der Waals surface area contributed by atoms with Gasteiger partial charge in [0.1, 0.15) is 12.3 Å². The maximum absolute atomic E-state index is 12.8. The summed E-state index contributed by atoms with van der Waals surface area (Å²) in [4.78, 5) is 39.5. The van der Waals surface area contributed by atoms with Crippen LogP contribution in [0.25, 0.3) is 0 Å². The average Bonchev–Trinajstić information content (AvgIpc) is 3.03. The van der Waals surface area contributed by atoms with E-state index in [4.69, 9.17) is 9.47 Å². The summed E-state index contributed by atoms with van der Waals surface area (Å²) < 4.78 is 49.2. The van der Waals surface area contributed by atoms with Gasteiger partial charge < -0.3 is 9.47 Å². The van der Waals surface area contributed by atoms with Crippen LogP contribution in [0.15, 0.2) is 42.5 Å². The van der Waals surface area contributed by atoms with E-state index >= 15 is 0 Å². The number of anilines is 1. The van der Waals surface area contributed by atoms with Gasteiger partial charge in [-0.15, -0.1) is 0 Å². The van der Waals surface area contributed by atoms with E-state index < -0.39 is 35.2 Å². The standard InChI is InChI=1S/C24H25F3N2O5/c1-5-33-21(31)23(3,4)34-19-11-6-16(12-15(19)2)13-29-20(30)14-28(22(29)32)18-9-7-17(8-10-18)24(25,26)27/h6-12H,5,13-14H2,1-4H3. The SMILES string of the molecule is CCOC(=O)C(C)(C)Oc1ccc(CN2C(=O)CN(c3ccc(C(F)(F)F)cc3)C2=O)cc1C. The zero-order chi connectivity index (χ0) is 25.3. The first-order chi connectivity index (χ1) is 15.8. The second-order valence-electron chi connectivity index (χ2n) is 8.33. The van der Waals surface area contributed by atoms with Crippen LogP contribution in [0.5, 0.6) is 5.75 Å². The Kier molecular flexibility index (Phi) is 6.90. The van der Waals surface area contributed by atoms with Crippen molar-refractivity contribution in [1.29, 1.82) is 0 Å². The lowest BCUT2D eigenvalue weighted by atomic mass is 10.1. The molecule has 0 radical (unpaired) electrons. The van der Waals surface area contributed by atoms with Crippen LogP contribution >= 0.6 is 0 Å². The van der Waals surface area contributed by atoms with E-state index in [1.54, 1.807) is 45.9 Å². The molecule has 1 fully saturated rings. The minimum atomic E-state index is -4.49. The number of aryl methyl sites for hydroxylation is 1. The number of rotatable bonds is 7. The van der Waals surface area contributed by atoms with Crippen molar-refractivity contribution >= 4 is 23.6 Å². The number of imide groups is 1. The molecule has 1 aliphatic heterocycles. The quantitative estimate of drug-likeness (QED) is 0.426. The Morgan fingerprint density at radius 2 is 1.71 bits per heavy atom. The van der Waals surface area contributed by atoms with Gasteiger partial charge >= 0.3 is 18.2 Å². The molecule has 10 heteroatoms. The summed E-state index contributed by atoms with van der Waals surface area (Å²) in [6.45, 7) is 6.60. The Labute approximate surface area is 195 Å². The van der Waals surface area contributed by atoms with E-state index in [1.165, 1.54) is 12.1 Å². The molecule has 0 bridgehead atoms. The van der Waals surface area contributed by atoms with Gasteiger partial charge in [0.25, 0.3) is 5.91 Å². The average molecular weight is 478 g/mol. The molecule has 1 aliphatic rings. The van der Waals surface area contributed by atoms with Crippen molar-refractivity contribution in [2.24, 2.45) is 0 Å². The predicted molar refractivity (Wildman–Crippen MR) is 117 cm³/mol. The molecule has 0 N–H and O–H groups in total. The summed E-state index contributed by atoms with van der Waals surface area (Å²) in [6, 6.07) is 8.50. The van der Waals surface area contributed by atoms with Crippen molar-refractivity contribution in [1.82, 2.24) is 4.90 Å². The topological polar surface area (TPSA) is 76.2 Å². The zero-order valence-electron chi connectivity index (χ0n) is 19.2. The van der Waals surface area contributed by atoms with Gasteiger partial charge in [-0.05, 0) is 69.2 Å². The number of carbonyl (C=O) groups excluding carboxylic acids is 3. The minimum absolute atomic E-state index is 0.0167. The van der Waals surface area contributed by atoms with Crippen LogP contribution in [0.4, 0.5) is 23.7 Å². The highest BCUT2D eigenvalue weighted by Crippen LogP contribution is 2.32. The van der Waals surface area contributed by atoms with E-state index in [0.29, 0.717) is 16.9 Å². The maximum Gasteiger partial charge on any atom is 0.416 e. The van der Waals surface area contributed by atoms with Crippen LogP contribution in [0.2, 0.25) is 0 Å². The van der Waals surface area contributed by atoms with Gasteiger partial charge in [0.15, 0.2) is 5.60 Å². The van der Waals surface area contributed by atoms with E-state index in [9.17, 15) is 27.6 Å². The lowest BCUT2D eigenvalue weighted by Crippen LogP contribution is -2.39. The molecule has 3 amide bonds. The third-order valence-electron chi connectivity index (χ3n) is 5.27. The Morgan fingerprint density at radius 1 is 1.06 bits per heavy atom. The summed E-state index contributed by atoms with van der Waals surface area (Å²) >= 11 is 0. The molecule has 0 atom stereocenters. The molecule has 2 aromatic carbocycles. The Balaban J connectivity index is 1.72. The molecule has 0 unspecified atom stereocenters. The van der Waals surface area contributed by atoms with Crippen LogP contribution in [0.3, 0.4) is 0 Å². The number of esters is 1. The maximum atomic E-state index is 12.8. The molecular formula is C24H25F3N2O5. The van der Waals surface area contributed by atoms with Crippen LogP contribution in [0, 0.1) is 6.92 Å². The van der Waals surface area contributed by atoms with Crippen molar-refractivity contribution in [2.75, 3.05) is 18.1 Å². The van der Waals surface area contributed by atoms with Crippen molar-refractivity contribution in [2.45, 2.75) is 46.0 Å². The molecule has 2 aromatic rings. The number of carbonyl (C=O) groups is 3. The third-order valence-corrected chi connectivity index (χ3v) is 5.27. The second kappa shape index (κ2) is 9.36. The number of hydrogen-bond donors (Lipinski definition) is 0. The molecule has 182 valence electrons. The number of alkyl halides is 3. The largest absolute Gasteiger partial charge is 0.476 e. The lowest BCUT2D eigenvalue weighted by molar-refractivity contribution is -0.158.